The third-order valence-corrected chi connectivity index (χ3v) is 9.30. The van der Waals surface area contributed by atoms with Gasteiger partial charge in [0, 0.05) is 45.3 Å². The van der Waals surface area contributed by atoms with Crippen molar-refractivity contribution in [3.05, 3.63) is 12.3 Å². The van der Waals surface area contributed by atoms with Gasteiger partial charge in [0.25, 0.3) is 0 Å². The van der Waals surface area contributed by atoms with Crippen molar-refractivity contribution in [1.82, 2.24) is 16.0 Å². The van der Waals surface area contributed by atoms with Gasteiger partial charge in [0.15, 0.2) is 0 Å². The maximum atomic E-state index is 12.1. The van der Waals surface area contributed by atoms with Crippen LogP contribution in [0.3, 0.4) is 0 Å². The fourth-order valence-corrected chi connectivity index (χ4v) is 5.88. The van der Waals surface area contributed by atoms with E-state index in [-0.39, 0.29) is 24.8 Å². The molecule has 0 saturated carbocycles. The number of carbonyl (C=O) groups is 5. The predicted molar refractivity (Wildman–Crippen MR) is 248 cm³/mol. The van der Waals surface area contributed by atoms with Gasteiger partial charge in [-0.1, -0.05) is 138 Å². The van der Waals surface area contributed by atoms with Gasteiger partial charge in [-0.2, -0.15) is 0 Å². The number of hydrogen-bond donors (Lipinski definition) is 6. The van der Waals surface area contributed by atoms with Crippen LogP contribution < -0.4 is 21.7 Å². The SMILES string of the molecule is C=C(CCC(NC(=O)CCCCCCCCCCCCCCCCC(=O)O)C(=O)O)NCCOC.CC.CC(C)CCCCNC(=O)COCCOCCCC(C)C.NC=O. The van der Waals surface area contributed by atoms with E-state index in [2.05, 4.69) is 56.0 Å². The number of nitrogens with two attached hydrogens (primary N) is 1. The molecule has 14 heteroatoms. The number of carbonyl (C=O) groups excluding carboxylic acids is 3. The van der Waals surface area contributed by atoms with Gasteiger partial charge < -0.3 is 46.1 Å². The molecule has 0 fully saturated rings. The number of amides is 3. The normalized spacial score (nSPS) is 10.9. The molecular weight excluding hydrogens is 781 g/mol. The molecule has 0 saturated heterocycles. The Balaban J connectivity index is -0.000000530. The minimum absolute atomic E-state index is 0.0284. The highest BCUT2D eigenvalue weighted by Gasteiger charge is 2.19. The lowest BCUT2D eigenvalue weighted by molar-refractivity contribution is -0.142. The highest BCUT2D eigenvalue weighted by molar-refractivity contribution is 5.83. The molecule has 0 aromatic carbocycles. The van der Waals surface area contributed by atoms with Crippen molar-refractivity contribution in [2.75, 3.05) is 53.2 Å². The molecule has 0 aromatic heterocycles. The summed E-state index contributed by atoms with van der Waals surface area (Å²) in [5.41, 5.74) is 4.91. The van der Waals surface area contributed by atoms with Crippen molar-refractivity contribution in [3.8, 4) is 0 Å². The molecule has 0 aliphatic heterocycles. The van der Waals surface area contributed by atoms with E-state index in [4.69, 9.17) is 24.1 Å². The second-order valence-electron chi connectivity index (χ2n) is 15.9. The van der Waals surface area contributed by atoms with E-state index in [1.54, 1.807) is 7.11 Å². The summed E-state index contributed by atoms with van der Waals surface area (Å²) in [6.07, 6.45) is 23.2. The largest absolute Gasteiger partial charge is 0.481 e. The van der Waals surface area contributed by atoms with E-state index in [1.807, 2.05) is 13.8 Å². The Kier molecular flexibility index (Phi) is 55.9. The molecule has 7 N–H and O–H groups in total. The smallest absolute Gasteiger partial charge is 0.326 e. The summed E-state index contributed by atoms with van der Waals surface area (Å²) in [6.45, 7) is 20.6. The van der Waals surface area contributed by atoms with Crippen LogP contribution in [0.15, 0.2) is 12.3 Å². The van der Waals surface area contributed by atoms with Crippen LogP contribution in [0.1, 0.15) is 189 Å². The Morgan fingerprint density at radius 2 is 1.07 bits per heavy atom. The number of allylic oxidation sites excluding steroid dienone is 1. The summed E-state index contributed by atoms with van der Waals surface area (Å²) in [5, 5.41) is 26.6. The average molecular weight is 875 g/mol. The third-order valence-electron chi connectivity index (χ3n) is 9.30. The summed E-state index contributed by atoms with van der Waals surface area (Å²) in [4.78, 5) is 54.1. The lowest BCUT2D eigenvalue weighted by Crippen LogP contribution is -2.41. The van der Waals surface area contributed by atoms with Gasteiger partial charge in [0.2, 0.25) is 18.2 Å². The number of aliphatic carboxylic acids is 2. The Labute approximate surface area is 372 Å². The number of carboxylic acids is 2. The minimum atomic E-state index is -1.02. The van der Waals surface area contributed by atoms with Gasteiger partial charge in [-0.15, -0.1) is 0 Å². The van der Waals surface area contributed by atoms with E-state index >= 15 is 0 Å². The second-order valence-corrected chi connectivity index (χ2v) is 15.9. The summed E-state index contributed by atoms with van der Waals surface area (Å²) in [7, 11) is 1.61. The maximum absolute atomic E-state index is 12.1. The zero-order valence-corrected chi connectivity index (χ0v) is 40.0. The van der Waals surface area contributed by atoms with Crippen molar-refractivity contribution < 1.29 is 48.4 Å². The first-order valence-corrected chi connectivity index (χ1v) is 23.5. The van der Waals surface area contributed by atoms with Gasteiger partial charge in [-0.3, -0.25) is 19.2 Å². The highest BCUT2D eigenvalue weighted by Crippen LogP contribution is 2.14. The van der Waals surface area contributed by atoms with Crippen LogP contribution in [0.25, 0.3) is 0 Å². The van der Waals surface area contributed by atoms with Gasteiger partial charge in [0.05, 0.1) is 19.8 Å². The van der Waals surface area contributed by atoms with E-state index in [1.165, 1.54) is 70.6 Å². The van der Waals surface area contributed by atoms with Crippen LogP contribution in [0.4, 0.5) is 0 Å². The zero-order chi connectivity index (χ0) is 46.8. The zero-order valence-electron chi connectivity index (χ0n) is 40.0. The average Bonchev–Trinajstić information content (AvgIpc) is 3.21. The predicted octanol–water partition coefficient (Wildman–Crippen LogP) is 8.94. The van der Waals surface area contributed by atoms with Crippen LogP contribution in [0.2, 0.25) is 0 Å². The standard InChI is InChI=1S/C27H50N2O6.C17H35NO3.C2H6.CH3NO/c1-23(28-21-22-35-2)19-20-24(27(33)34)29-25(30)17-15-13-11-9-7-5-3-4-6-8-10-12-14-16-18-26(31)32;1-15(2)8-5-6-10-18-17(19)14-21-13-12-20-11-7-9-16(3)4;1-2;2-1-3/h24,28H,1,3-22H2,2H3,(H,29,30)(H,31,32)(H,33,34);15-16H,5-14H2,1-4H3,(H,18,19);1-2H3;1H,(H2,2,3). The molecule has 0 radical (unpaired) electrons. The molecule has 0 aromatic rings. The van der Waals surface area contributed by atoms with E-state index < -0.39 is 18.0 Å². The first-order valence-electron chi connectivity index (χ1n) is 23.5. The fourth-order valence-electron chi connectivity index (χ4n) is 5.88. The van der Waals surface area contributed by atoms with E-state index in [9.17, 15) is 24.3 Å². The first-order chi connectivity index (χ1) is 29.3. The molecule has 0 aliphatic rings. The second kappa shape index (κ2) is 52.9. The number of hydrogen-bond acceptors (Lipinski definition) is 9. The number of methoxy groups -OCH3 is 1. The Morgan fingerprint density at radius 3 is 1.54 bits per heavy atom. The van der Waals surface area contributed by atoms with Gasteiger partial charge in [-0.25, -0.2) is 4.79 Å². The quantitative estimate of drug-likeness (QED) is 0.0252. The van der Waals surface area contributed by atoms with E-state index in [0.29, 0.717) is 52.0 Å². The summed E-state index contributed by atoms with van der Waals surface area (Å²) < 4.78 is 15.7. The highest BCUT2D eigenvalue weighted by atomic mass is 16.5. The van der Waals surface area contributed by atoms with Crippen molar-refractivity contribution in [1.29, 1.82) is 0 Å². The molecule has 0 aliphatic carbocycles. The molecule has 362 valence electrons. The maximum Gasteiger partial charge on any atom is 0.326 e. The van der Waals surface area contributed by atoms with Crippen molar-refractivity contribution >= 4 is 30.2 Å². The fraction of sp³-hybridized carbons (Fsp3) is 0.851. The van der Waals surface area contributed by atoms with Crippen molar-refractivity contribution in [2.24, 2.45) is 17.6 Å². The van der Waals surface area contributed by atoms with Gasteiger partial charge in [0.1, 0.15) is 12.6 Å². The topological polar surface area (TPSA) is 216 Å². The van der Waals surface area contributed by atoms with Crippen molar-refractivity contribution in [3.63, 3.8) is 0 Å². The molecule has 0 heterocycles. The monoisotopic (exact) mass is 875 g/mol. The molecule has 14 nitrogen and oxygen atoms in total. The lowest BCUT2D eigenvalue weighted by Gasteiger charge is -2.16. The number of carboxylic acid groups (broad SMARTS) is 2. The minimum Gasteiger partial charge on any atom is -0.481 e. The molecule has 0 spiro atoms. The summed E-state index contributed by atoms with van der Waals surface area (Å²) in [5.74, 6) is -0.463. The number of unbranched alkanes of at least 4 members (excludes halogenated alkanes) is 14. The molecule has 0 rings (SSSR count). The Bertz CT molecular complexity index is 1010. The molecule has 1 unspecified atom stereocenters. The number of ether oxygens (including phenoxy) is 3. The molecule has 3 amide bonds. The van der Waals surface area contributed by atoms with Crippen molar-refractivity contribution in [2.45, 2.75) is 195 Å². The Hall–Kier alpha value is -3.23. The van der Waals surface area contributed by atoms with Crippen LogP contribution in [0.5, 0.6) is 0 Å². The summed E-state index contributed by atoms with van der Waals surface area (Å²) in [6, 6.07) is -0.889. The van der Waals surface area contributed by atoms with Gasteiger partial charge >= 0.3 is 11.9 Å². The summed E-state index contributed by atoms with van der Waals surface area (Å²) >= 11 is 0. The first kappa shape index (κ1) is 64.4. The lowest BCUT2D eigenvalue weighted by atomic mass is 10.0. The Morgan fingerprint density at radius 1 is 0.590 bits per heavy atom. The van der Waals surface area contributed by atoms with Crippen LogP contribution >= 0.6 is 0 Å². The van der Waals surface area contributed by atoms with E-state index in [0.717, 1.165) is 82.1 Å². The number of primary amides is 1. The molecule has 0 bridgehead atoms. The molecule has 1 atom stereocenters. The van der Waals surface area contributed by atoms with Gasteiger partial charge in [-0.05, 0) is 56.8 Å². The number of nitrogens with one attached hydrogen (secondary N) is 3. The number of rotatable bonds is 40. The van der Waals surface area contributed by atoms with Crippen LogP contribution in [-0.2, 0) is 38.2 Å². The molecule has 61 heavy (non-hydrogen) atoms. The third kappa shape index (κ3) is 61.2. The van der Waals surface area contributed by atoms with Crippen LogP contribution in [-0.4, -0.2) is 99.7 Å². The van der Waals surface area contributed by atoms with Crippen LogP contribution in [0, 0.1) is 11.8 Å². The molecular formula is C47H94N4O10.